The third kappa shape index (κ3) is 1.76. The fourth-order valence-corrected chi connectivity index (χ4v) is 3.37. The number of rotatable bonds is 1. The van der Waals surface area contributed by atoms with Crippen LogP contribution in [0, 0.1) is 0 Å². The first-order chi connectivity index (χ1) is 10.5. The van der Waals surface area contributed by atoms with Crippen LogP contribution in [0.3, 0.4) is 0 Å². The van der Waals surface area contributed by atoms with Gasteiger partial charge in [-0.15, -0.1) is 0 Å². The number of hydrogen-bond donors (Lipinski definition) is 0. The monoisotopic (exact) mass is 336 g/mol. The Kier molecular flexibility index (Phi) is 2.87. The van der Waals surface area contributed by atoms with Crippen LogP contribution in [0.25, 0.3) is 5.57 Å². The minimum atomic E-state index is -3.90. The first kappa shape index (κ1) is 13.8. The van der Waals surface area contributed by atoms with Crippen molar-refractivity contribution in [2.45, 2.75) is 0 Å². The molecule has 0 spiro atoms. The summed E-state index contributed by atoms with van der Waals surface area (Å²) in [7, 11) is 0. The highest BCUT2D eigenvalue weighted by Crippen LogP contribution is 2.41. The average molecular weight is 337 g/mol. The Balaban J connectivity index is 2.09. The Bertz CT molecular complexity index is 897. The molecular weight excluding hydrogens is 328 g/mol. The van der Waals surface area contributed by atoms with Crippen molar-refractivity contribution < 1.29 is 13.1 Å². The van der Waals surface area contributed by atoms with Gasteiger partial charge in [-0.2, -0.15) is 0 Å². The molecule has 7 heteroatoms. The van der Waals surface area contributed by atoms with Gasteiger partial charge >= 0.3 is 6.97 Å². The number of fused-ring (bicyclic) bond motifs is 2. The van der Waals surface area contributed by atoms with Gasteiger partial charge in [0.1, 0.15) is 6.21 Å². The van der Waals surface area contributed by atoms with Gasteiger partial charge in [0.25, 0.3) is 0 Å². The van der Waals surface area contributed by atoms with Crippen molar-refractivity contribution in [3.8, 4) is 0 Å². The number of halogens is 4. The van der Waals surface area contributed by atoms with Crippen molar-refractivity contribution in [1.82, 2.24) is 4.48 Å². The number of benzene rings is 1. The van der Waals surface area contributed by atoms with Crippen molar-refractivity contribution in [2.24, 2.45) is 0 Å². The second-order valence-corrected chi connectivity index (χ2v) is 6.03. The molecule has 2 aromatic rings. The smallest absolute Gasteiger partial charge is 0.396 e. The second kappa shape index (κ2) is 4.57. The highest BCUT2D eigenvalue weighted by atomic mass is 35.5. The van der Waals surface area contributed by atoms with Gasteiger partial charge in [-0.25, -0.2) is 0 Å². The van der Waals surface area contributed by atoms with Crippen molar-refractivity contribution in [3.63, 3.8) is 0 Å². The minimum Gasteiger partial charge on any atom is -0.396 e. The molecule has 4 rings (SSSR count). The summed E-state index contributed by atoms with van der Waals surface area (Å²) < 4.78 is 31.3. The van der Waals surface area contributed by atoms with Crippen LogP contribution in [0.15, 0.2) is 54.4 Å². The van der Waals surface area contributed by atoms with Gasteiger partial charge in [0.05, 0.1) is 5.57 Å². The summed E-state index contributed by atoms with van der Waals surface area (Å²) in [6.45, 7) is -3.90. The van der Waals surface area contributed by atoms with Crippen molar-refractivity contribution >= 4 is 42.0 Å². The lowest BCUT2D eigenvalue weighted by atomic mass is 9.86. The predicted molar refractivity (Wildman–Crippen MR) is 85.7 cm³/mol. The summed E-state index contributed by atoms with van der Waals surface area (Å²) in [6.07, 6.45) is 6.04. The van der Waals surface area contributed by atoms with E-state index in [9.17, 15) is 8.63 Å². The molecule has 0 aliphatic carbocycles. The summed E-state index contributed by atoms with van der Waals surface area (Å²) in [4.78, 5) is 0. The van der Waals surface area contributed by atoms with E-state index < -0.39 is 6.97 Å². The lowest BCUT2D eigenvalue weighted by Crippen LogP contribution is -2.49. The Morgan fingerprint density at radius 2 is 1.95 bits per heavy atom. The first-order valence-corrected chi connectivity index (χ1v) is 7.45. The van der Waals surface area contributed by atoms with Crippen LogP contribution in [0.1, 0.15) is 11.3 Å². The van der Waals surface area contributed by atoms with Crippen LogP contribution in [0.2, 0.25) is 10.0 Å². The Labute approximate surface area is 135 Å². The summed E-state index contributed by atoms with van der Waals surface area (Å²) in [5, 5.41) is 0.976. The summed E-state index contributed by atoms with van der Waals surface area (Å²) in [5.74, 6) is 0. The zero-order valence-electron chi connectivity index (χ0n) is 11.2. The maximum Gasteiger partial charge on any atom is 0.737 e. The molecule has 3 heterocycles. The molecule has 0 saturated carbocycles. The van der Waals surface area contributed by atoms with E-state index in [0.717, 1.165) is 8.96 Å². The third-order valence-corrected chi connectivity index (χ3v) is 4.50. The van der Waals surface area contributed by atoms with Gasteiger partial charge in [-0.1, -0.05) is 23.2 Å². The van der Waals surface area contributed by atoms with E-state index in [1.165, 1.54) is 12.4 Å². The van der Waals surface area contributed by atoms with Crippen LogP contribution >= 0.6 is 23.2 Å². The van der Waals surface area contributed by atoms with Crippen LogP contribution in [0.4, 0.5) is 8.63 Å². The topological polar surface area (TPSA) is 7.94 Å². The fraction of sp³-hybridized carbons (Fsp3) is 0. The van der Waals surface area contributed by atoms with E-state index in [1.807, 2.05) is 0 Å². The van der Waals surface area contributed by atoms with Crippen molar-refractivity contribution in [2.75, 3.05) is 0 Å². The molecule has 0 radical (unpaired) electrons. The highest BCUT2D eigenvalue weighted by Gasteiger charge is 2.51. The lowest BCUT2D eigenvalue weighted by molar-refractivity contribution is -0.356. The van der Waals surface area contributed by atoms with Crippen LogP contribution in [-0.2, 0) is 0 Å². The molecule has 2 nitrogen and oxygen atoms in total. The van der Waals surface area contributed by atoms with E-state index >= 15 is 0 Å². The van der Waals surface area contributed by atoms with E-state index in [1.54, 1.807) is 42.5 Å². The molecule has 0 saturated heterocycles. The predicted octanol–water partition coefficient (Wildman–Crippen LogP) is 4.44. The summed E-state index contributed by atoms with van der Waals surface area (Å²) >= 11 is 12.4. The molecule has 2 aliphatic rings. The van der Waals surface area contributed by atoms with Crippen LogP contribution < -0.4 is 0 Å². The molecule has 1 aromatic carbocycles. The van der Waals surface area contributed by atoms with E-state index in [0.29, 0.717) is 32.6 Å². The van der Waals surface area contributed by atoms with Crippen LogP contribution in [0.5, 0.6) is 0 Å². The second-order valence-electron chi connectivity index (χ2n) is 5.19. The average Bonchev–Trinajstić information content (AvgIpc) is 3.12. The maximum atomic E-state index is 14.6. The zero-order valence-corrected chi connectivity index (χ0v) is 12.7. The molecule has 1 aromatic heterocycles. The van der Waals surface area contributed by atoms with Crippen LogP contribution in [-0.4, -0.2) is 22.1 Å². The van der Waals surface area contributed by atoms with Gasteiger partial charge in [-0.05, 0) is 36.5 Å². The third-order valence-electron chi connectivity index (χ3n) is 3.94. The molecule has 0 amide bonds. The van der Waals surface area contributed by atoms with Gasteiger partial charge in [0.2, 0.25) is 0 Å². The van der Waals surface area contributed by atoms with Crippen molar-refractivity contribution in [1.29, 1.82) is 0 Å². The standard InChI is InChI=1S/C15H9BCl2F2N2/c17-10-5-6-12(18)11(9-10)15-13-3-1-7-21(13)16(19,20)22-8-2-4-14(15)22/h1-9H. The Hall–Kier alpha value is -1.85. The van der Waals surface area contributed by atoms with Crippen molar-refractivity contribution in [3.05, 3.63) is 75.7 Å². The van der Waals surface area contributed by atoms with Gasteiger partial charge in [0, 0.05) is 33.5 Å². The normalized spacial score (nSPS) is 18.3. The van der Waals surface area contributed by atoms with E-state index in [4.69, 9.17) is 23.2 Å². The molecule has 0 fully saturated rings. The van der Waals surface area contributed by atoms with Gasteiger partial charge in [-0.3, -0.25) is 0 Å². The number of nitrogens with zero attached hydrogens (tertiary/aromatic N) is 2. The van der Waals surface area contributed by atoms with Gasteiger partial charge in [0.15, 0.2) is 5.70 Å². The molecule has 0 atom stereocenters. The summed E-state index contributed by atoms with van der Waals surface area (Å²) in [6, 6.07) is 8.32. The zero-order chi connectivity index (χ0) is 15.5. The maximum absolute atomic E-state index is 14.6. The molecule has 0 unspecified atom stereocenters. The quantitative estimate of drug-likeness (QED) is 0.680. The summed E-state index contributed by atoms with van der Waals surface area (Å²) in [5.41, 5.74) is 2.15. The van der Waals surface area contributed by atoms with E-state index in [2.05, 4.69) is 0 Å². The Morgan fingerprint density at radius 3 is 2.77 bits per heavy atom. The highest BCUT2D eigenvalue weighted by molar-refractivity contribution is 6.57. The number of aromatic nitrogens is 1. The molecule has 0 bridgehead atoms. The molecular formula is C15H9BCl2F2N2. The van der Waals surface area contributed by atoms with E-state index in [-0.39, 0.29) is 0 Å². The lowest BCUT2D eigenvalue weighted by Gasteiger charge is -2.31. The largest absolute Gasteiger partial charge is 0.737 e. The first-order valence-electron chi connectivity index (χ1n) is 6.69. The fourth-order valence-electron chi connectivity index (χ4n) is 2.98. The number of allylic oxidation sites excluding steroid dienone is 2. The molecule has 2 aliphatic heterocycles. The molecule has 0 N–H and O–H groups in total. The SMILES string of the molecule is F[B-]1(F)n2cccc2C(c2cc(Cl)ccc2Cl)=C2C=CC=[N+]21. The molecule has 22 heavy (non-hydrogen) atoms. The molecule has 110 valence electrons. The Morgan fingerprint density at radius 1 is 1.14 bits per heavy atom. The minimum absolute atomic E-state index is 0.431. The van der Waals surface area contributed by atoms with Gasteiger partial charge < -0.3 is 17.6 Å². The number of hydrogen-bond acceptors (Lipinski definition) is 0.